The highest BCUT2D eigenvalue weighted by atomic mass is 32.2. The van der Waals surface area contributed by atoms with Crippen LogP contribution in [0, 0.1) is 20.8 Å². The minimum Gasteiger partial charge on any atom is -0.294 e. The Morgan fingerprint density at radius 2 is 1.91 bits per heavy atom. The zero-order chi connectivity index (χ0) is 17.2. The van der Waals surface area contributed by atoms with Crippen LogP contribution in [-0.2, 0) is 22.1 Å². The van der Waals surface area contributed by atoms with Gasteiger partial charge in [-0.15, -0.1) is 0 Å². The largest absolute Gasteiger partial charge is 0.294 e. The summed E-state index contributed by atoms with van der Waals surface area (Å²) in [5.74, 6) is -0.0567. The van der Waals surface area contributed by atoms with Crippen molar-refractivity contribution in [2.45, 2.75) is 40.0 Å². The third kappa shape index (κ3) is 4.07. The fourth-order valence-electron chi connectivity index (χ4n) is 2.95. The highest BCUT2D eigenvalue weighted by molar-refractivity contribution is 7.90. The van der Waals surface area contributed by atoms with Crippen LogP contribution in [0.4, 0.5) is 0 Å². The van der Waals surface area contributed by atoms with E-state index in [4.69, 9.17) is 0 Å². The van der Waals surface area contributed by atoms with Crippen molar-refractivity contribution in [2.75, 3.05) is 5.75 Å². The van der Waals surface area contributed by atoms with Crippen LogP contribution in [0.2, 0.25) is 0 Å². The number of sulfone groups is 1. The Bertz CT molecular complexity index is 822. The van der Waals surface area contributed by atoms with Gasteiger partial charge in [-0.2, -0.15) is 5.10 Å². The normalized spacial score (nSPS) is 11.7. The average Bonchev–Trinajstić information content (AvgIpc) is 2.94. The summed E-state index contributed by atoms with van der Waals surface area (Å²) in [5, 5.41) is 4.02. The van der Waals surface area contributed by atoms with Crippen LogP contribution >= 0.6 is 0 Å². The molecular formula is C17H22N2O3S. The minimum absolute atomic E-state index is 0.0246. The Morgan fingerprint density at radius 3 is 2.48 bits per heavy atom. The van der Waals surface area contributed by atoms with Crippen molar-refractivity contribution in [1.82, 2.24) is 9.78 Å². The molecule has 0 amide bonds. The summed E-state index contributed by atoms with van der Waals surface area (Å²) < 4.78 is 26.5. The van der Waals surface area contributed by atoms with Gasteiger partial charge in [-0.05, 0) is 56.0 Å². The van der Waals surface area contributed by atoms with E-state index in [-0.39, 0.29) is 17.3 Å². The minimum atomic E-state index is -3.28. The lowest BCUT2D eigenvalue weighted by molar-refractivity contribution is 0.101. The summed E-state index contributed by atoms with van der Waals surface area (Å²) in [5.41, 5.74) is 3.95. The molecule has 0 saturated heterocycles. The van der Waals surface area contributed by atoms with E-state index < -0.39 is 9.84 Å². The topological polar surface area (TPSA) is 69.0 Å². The highest BCUT2D eigenvalue weighted by Gasteiger charge is 2.19. The van der Waals surface area contributed by atoms with Crippen LogP contribution in [0.15, 0.2) is 24.5 Å². The van der Waals surface area contributed by atoms with Gasteiger partial charge in [0.25, 0.3) is 0 Å². The van der Waals surface area contributed by atoms with E-state index in [0.29, 0.717) is 12.1 Å². The number of ketones is 1. The van der Waals surface area contributed by atoms with Gasteiger partial charge in [-0.25, -0.2) is 8.42 Å². The van der Waals surface area contributed by atoms with Gasteiger partial charge in [-0.3, -0.25) is 9.48 Å². The molecule has 0 bridgehead atoms. The fraction of sp³-hybridized carbons (Fsp3) is 0.412. The first kappa shape index (κ1) is 17.4. The quantitative estimate of drug-likeness (QED) is 0.762. The molecule has 0 atom stereocenters. The molecule has 0 radical (unpaired) electrons. The van der Waals surface area contributed by atoms with Crippen molar-refractivity contribution < 1.29 is 13.2 Å². The van der Waals surface area contributed by atoms with Crippen molar-refractivity contribution in [3.63, 3.8) is 0 Å². The van der Waals surface area contributed by atoms with Gasteiger partial charge in [0.2, 0.25) is 0 Å². The number of carbonyl (C=O) groups excluding carboxylic acids is 1. The maximum Gasteiger partial charge on any atom is 0.160 e. The van der Waals surface area contributed by atoms with Crippen LogP contribution < -0.4 is 0 Å². The number of Topliss-reactive ketones (excluding diaryl/α,β-unsaturated/α-hetero) is 1. The van der Waals surface area contributed by atoms with Crippen LogP contribution in [0.25, 0.3) is 0 Å². The second kappa shape index (κ2) is 6.66. The van der Waals surface area contributed by atoms with E-state index in [1.165, 1.54) is 6.92 Å². The molecule has 6 heteroatoms. The molecule has 0 unspecified atom stereocenters. The Hall–Kier alpha value is -1.95. The number of rotatable bonds is 6. The highest BCUT2D eigenvalue weighted by Crippen LogP contribution is 2.25. The molecule has 0 aliphatic rings. The van der Waals surface area contributed by atoms with Gasteiger partial charge >= 0.3 is 0 Å². The SMILES string of the molecule is CC(=O)c1c(C)cc(C)c(CS(=O)(=O)CCn2cccn2)c1C. The van der Waals surface area contributed by atoms with Crippen LogP contribution in [0.3, 0.4) is 0 Å². The molecule has 2 rings (SSSR count). The first-order valence-corrected chi connectivity index (χ1v) is 9.32. The Labute approximate surface area is 137 Å². The Kier molecular flexibility index (Phi) is 5.04. The maximum absolute atomic E-state index is 12.4. The first-order chi connectivity index (χ1) is 10.7. The molecule has 0 fully saturated rings. The third-order valence-electron chi connectivity index (χ3n) is 4.04. The van der Waals surface area contributed by atoms with Gasteiger partial charge in [-0.1, -0.05) is 6.07 Å². The van der Waals surface area contributed by atoms with Crippen LogP contribution in [-0.4, -0.2) is 29.7 Å². The van der Waals surface area contributed by atoms with Crippen molar-refractivity contribution >= 4 is 15.6 Å². The predicted octanol–water partition coefficient (Wildman–Crippen LogP) is 2.63. The molecule has 0 N–H and O–H groups in total. The van der Waals surface area contributed by atoms with Gasteiger partial charge in [0.05, 0.1) is 18.1 Å². The maximum atomic E-state index is 12.4. The van der Waals surface area contributed by atoms with Gasteiger partial charge in [0, 0.05) is 18.0 Å². The molecule has 0 aliphatic heterocycles. The van der Waals surface area contributed by atoms with E-state index in [2.05, 4.69) is 5.10 Å². The van der Waals surface area contributed by atoms with E-state index in [9.17, 15) is 13.2 Å². The summed E-state index contributed by atoms with van der Waals surface area (Å²) in [7, 11) is -3.28. The van der Waals surface area contributed by atoms with Crippen molar-refractivity contribution in [2.24, 2.45) is 0 Å². The number of hydrogen-bond acceptors (Lipinski definition) is 4. The number of nitrogens with zero attached hydrogens (tertiary/aromatic N) is 2. The lowest BCUT2D eigenvalue weighted by Crippen LogP contribution is -2.17. The second-order valence-electron chi connectivity index (χ2n) is 5.91. The molecule has 0 spiro atoms. The Morgan fingerprint density at radius 1 is 1.22 bits per heavy atom. The van der Waals surface area contributed by atoms with Crippen LogP contribution in [0.1, 0.15) is 39.5 Å². The molecular weight excluding hydrogens is 312 g/mol. The molecule has 1 heterocycles. The summed E-state index contributed by atoms with van der Waals surface area (Å²) in [6.45, 7) is 7.45. The molecule has 0 aliphatic carbocycles. The average molecular weight is 334 g/mol. The molecule has 23 heavy (non-hydrogen) atoms. The fourth-order valence-corrected chi connectivity index (χ4v) is 4.44. The van der Waals surface area contributed by atoms with E-state index in [0.717, 1.165) is 22.3 Å². The van der Waals surface area contributed by atoms with Crippen molar-refractivity contribution in [1.29, 1.82) is 0 Å². The summed E-state index contributed by atoms with van der Waals surface area (Å²) in [6.07, 6.45) is 3.37. The van der Waals surface area contributed by atoms with Gasteiger partial charge in [0.1, 0.15) is 0 Å². The lowest BCUT2D eigenvalue weighted by atomic mass is 9.92. The first-order valence-electron chi connectivity index (χ1n) is 7.50. The van der Waals surface area contributed by atoms with E-state index in [1.807, 2.05) is 26.8 Å². The van der Waals surface area contributed by atoms with Crippen LogP contribution in [0.5, 0.6) is 0 Å². The summed E-state index contributed by atoms with van der Waals surface area (Å²) >= 11 is 0. The van der Waals surface area contributed by atoms with E-state index >= 15 is 0 Å². The Balaban J connectivity index is 2.28. The van der Waals surface area contributed by atoms with Gasteiger partial charge < -0.3 is 0 Å². The summed E-state index contributed by atoms with van der Waals surface area (Å²) in [4.78, 5) is 11.8. The zero-order valence-corrected chi connectivity index (χ0v) is 14.8. The molecule has 1 aromatic heterocycles. The second-order valence-corrected chi connectivity index (χ2v) is 8.09. The number of aromatic nitrogens is 2. The molecule has 2 aromatic rings. The number of benzene rings is 1. The standard InChI is InChI=1S/C17H22N2O3S/c1-12-10-13(2)17(15(4)20)14(3)16(12)11-23(21,22)9-8-19-7-5-6-18-19/h5-7,10H,8-9,11H2,1-4H3. The molecule has 124 valence electrons. The number of aryl methyl sites for hydroxylation is 3. The molecule has 5 nitrogen and oxygen atoms in total. The predicted molar refractivity (Wildman–Crippen MR) is 90.4 cm³/mol. The van der Waals surface area contributed by atoms with E-state index in [1.54, 1.807) is 23.1 Å². The third-order valence-corrected chi connectivity index (χ3v) is 5.57. The zero-order valence-electron chi connectivity index (χ0n) is 14.0. The molecule has 0 saturated carbocycles. The number of hydrogen-bond donors (Lipinski definition) is 0. The summed E-state index contributed by atoms with van der Waals surface area (Å²) in [6, 6.07) is 3.65. The molecule has 1 aromatic carbocycles. The van der Waals surface area contributed by atoms with Crippen molar-refractivity contribution in [3.8, 4) is 0 Å². The van der Waals surface area contributed by atoms with Gasteiger partial charge in [0.15, 0.2) is 15.6 Å². The lowest BCUT2D eigenvalue weighted by Gasteiger charge is -2.16. The monoisotopic (exact) mass is 334 g/mol. The smallest absolute Gasteiger partial charge is 0.160 e. The number of carbonyl (C=O) groups is 1. The van der Waals surface area contributed by atoms with Crippen molar-refractivity contribution in [3.05, 3.63) is 52.3 Å².